The summed E-state index contributed by atoms with van der Waals surface area (Å²) < 4.78 is 0. The Bertz CT molecular complexity index is 512. The number of carboxylic acids is 1. The summed E-state index contributed by atoms with van der Waals surface area (Å²) >= 11 is 1.49. The third kappa shape index (κ3) is 3.78. The van der Waals surface area contributed by atoms with Crippen LogP contribution in [-0.4, -0.2) is 28.1 Å². The van der Waals surface area contributed by atoms with Gasteiger partial charge in [0.1, 0.15) is 5.01 Å². The monoisotopic (exact) mass is 281 g/mol. The smallest absolute Gasteiger partial charge is 0.315 e. The van der Waals surface area contributed by atoms with Gasteiger partial charge >= 0.3 is 12.0 Å². The van der Waals surface area contributed by atoms with Gasteiger partial charge in [-0.15, -0.1) is 11.3 Å². The molecule has 0 aliphatic heterocycles. The van der Waals surface area contributed by atoms with Crippen molar-refractivity contribution in [3.05, 3.63) is 28.2 Å². The Hall–Kier alpha value is -1.89. The Labute approximate surface area is 114 Å². The minimum absolute atomic E-state index is 0.223. The fourth-order valence-corrected chi connectivity index (χ4v) is 2.56. The summed E-state index contributed by atoms with van der Waals surface area (Å²) in [6.07, 6.45) is 3.72. The van der Waals surface area contributed by atoms with Crippen LogP contribution in [-0.2, 0) is 11.3 Å². The van der Waals surface area contributed by atoms with Gasteiger partial charge in [0.2, 0.25) is 0 Å². The number of hydrogen-bond donors (Lipinski definition) is 3. The molecule has 1 heterocycles. The molecular formula is C12H15N3O3S. The minimum atomic E-state index is -0.862. The van der Waals surface area contributed by atoms with Gasteiger partial charge in [-0.2, -0.15) is 0 Å². The van der Waals surface area contributed by atoms with Crippen molar-refractivity contribution in [2.75, 3.05) is 0 Å². The predicted molar refractivity (Wildman–Crippen MR) is 70.9 cm³/mol. The zero-order valence-corrected chi connectivity index (χ0v) is 11.2. The van der Waals surface area contributed by atoms with Crippen LogP contribution in [0.4, 0.5) is 4.79 Å². The molecule has 0 fully saturated rings. The molecule has 0 saturated heterocycles. The van der Waals surface area contributed by atoms with Crippen molar-refractivity contribution in [2.24, 2.45) is 5.92 Å². The van der Waals surface area contributed by atoms with Crippen molar-refractivity contribution >= 4 is 23.3 Å². The second-order valence-electron chi connectivity index (χ2n) is 4.38. The minimum Gasteiger partial charge on any atom is -0.481 e. The van der Waals surface area contributed by atoms with Crippen molar-refractivity contribution in [3.63, 3.8) is 0 Å². The highest BCUT2D eigenvalue weighted by atomic mass is 32.1. The summed E-state index contributed by atoms with van der Waals surface area (Å²) in [5.74, 6) is -1.37. The maximum Gasteiger partial charge on any atom is 0.315 e. The molecule has 102 valence electrons. The Morgan fingerprint density at radius 2 is 2.32 bits per heavy atom. The molecule has 6 nitrogen and oxygen atoms in total. The molecule has 0 radical (unpaired) electrons. The van der Waals surface area contributed by atoms with E-state index in [-0.39, 0.29) is 12.1 Å². The van der Waals surface area contributed by atoms with Crippen molar-refractivity contribution < 1.29 is 14.7 Å². The van der Waals surface area contributed by atoms with Crippen molar-refractivity contribution in [2.45, 2.75) is 25.9 Å². The van der Waals surface area contributed by atoms with Crippen molar-refractivity contribution in [3.8, 4) is 0 Å². The molecule has 1 aromatic rings. The van der Waals surface area contributed by atoms with Gasteiger partial charge in [-0.05, 0) is 13.3 Å². The Kier molecular flexibility index (Phi) is 4.16. The van der Waals surface area contributed by atoms with Crippen LogP contribution in [0.1, 0.15) is 17.1 Å². The molecule has 2 atom stereocenters. The first-order chi connectivity index (χ1) is 9.04. The van der Waals surface area contributed by atoms with Crippen LogP contribution in [0.25, 0.3) is 0 Å². The van der Waals surface area contributed by atoms with E-state index in [0.29, 0.717) is 13.0 Å². The summed E-state index contributed by atoms with van der Waals surface area (Å²) in [7, 11) is 0. The Morgan fingerprint density at radius 3 is 2.89 bits per heavy atom. The molecule has 0 aromatic carbocycles. The number of carbonyl (C=O) groups excluding carboxylic acids is 1. The highest BCUT2D eigenvalue weighted by molar-refractivity contribution is 7.09. The molecule has 1 aromatic heterocycles. The van der Waals surface area contributed by atoms with Gasteiger partial charge in [0.15, 0.2) is 0 Å². The summed E-state index contributed by atoms with van der Waals surface area (Å²) in [4.78, 5) is 26.6. The number of hydrogen-bond acceptors (Lipinski definition) is 4. The average molecular weight is 281 g/mol. The lowest BCUT2D eigenvalue weighted by Gasteiger charge is -2.12. The van der Waals surface area contributed by atoms with Crippen LogP contribution in [0.5, 0.6) is 0 Å². The first kappa shape index (κ1) is 13.5. The molecule has 0 spiro atoms. The fourth-order valence-electron chi connectivity index (χ4n) is 1.85. The van der Waals surface area contributed by atoms with E-state index >= 15 is 0 Å². The number of aliphatic carboxylic acids is 1. The first-order valence-corrected chi connectivity index (χ1v) is 6.79. The van der Waals surface area contributed by atoms with E-state index in [1.165, 1.54) is 11.3 Å². The van der Waals surface area contributed by atoms with Gasteiger partial charge < -0.3 is 15.7 Å². The maximum atomic E-state index is 11.6. The number of rotatable bonds is 4. The molecule has 19 heavy (non-hydrogen) atoms. The molecule has 2 amide bonds. The number of carboxylic acid groups (broad SMARTS) is 1. The number of nitrogens with zero attached hydrogens (tertiary/aromatic N) is 1. The molecule has 3 N–H and O–H groups in total. The van der Waals surface area contributed by atoms with E-state index < -0.39 is 11.9 Å². The van der Waals surface area contributed by atoms with E-state index in [4.69, 9.17) is 5.11 Å². The second-order valence-corrected chi connectivity index (χ2v) is 5.32. The van der Waals surface area contributed by atoms with Crippen LogP contribution in [0.3, 0.4) is 0 Å². The highest BCUT2D eigenvalue weighted by Gasteiger charge is 2.25. The average Bonchev–Trinajstić information content (AvgIpc) is 2.96. The van der Waals surface area contributed by atoms with Gasteiger partial charge in [-0.25, -0.2) is 9.78 Å². The van der Waals surface area contributed by atoms with E-state index in [1.54, 1.807) is 12.2 Å². The number of carbonyl (C=O) groups is 2. The molecule has 7 heteroatoms. The van der Waals surface area contributed by atoms with E-state index in [9.17, 15) is 9.59 Å². The van der Waals surface area contributed by atoms with Gasteiger partial charge in [-0.1, -0.05) is 12.2 Å². The summed E-state index contributed by atoms with van der Waals surface area (Å²) in [6.45, 7) is 2.28. The quantitative estimate of drug-likeness (QED) is 0.725. The van der Waals surface area contributed by atoms with Crippen LogP contribution in [0, 0.1) is 12.8 Å². The molecular weight excluding hydrogens is 266 g/mol. The van der Waals surface area contributed by atoms with Crippen LogP contribution in [0.15, 0.2) is 17.5 Å². The predicted octanol–water partition coefficient (Wildman–Crippen LogP) is 1.28. The number of aromatic nitrogens is 1. The van der Waals surface area contributed by atoms with Gasteiger partial charge in [0, 0.05) is 11.1 Å². The molecule has 2 rings (SSSR count). The third-order valence-electron chi connectivity index (χ3n) is 2.78. The number of amides is 2. The molecule has 0 saturated carbocycles. The second kappa shape index (κ2) is 5.83. The highest BCUT2D eigenvalue weighted by Crippen LogP contribution is 2.17. The van der Waals surface area contributed by atoms with Gasteiger partial charge in [0.05, 0.1) is 18.5 Å². The van der Waals surface area contributed by atoms with Crippen LogP contribution >= 0.6 is 11.3 Å². The third-order valence-corrected chi connectivity index (χ3v) is 3.75. The molecule has 2 unspecified atom stereocenters. The number of aryl methyl sites for hydroxylation is 1. The van der Waals surface area contributed by atoms with Crippen LogP contribution < -0.4 is 10.6 Å². The fraction of sp³-hybridized carbons (Fsp3) is 0.417. The molecule has 1 aliphatic carbocycles. The standard InChI is InChI=1S/C12H15N3O3S/c1-7-6-19-10(14-7)5-13-12(18)15-9-3-2-8(4-9)11(16)17/h2-3,6,8-9H,4-5H2,1H3,(H,16,17)(H2,13,15,18). The first-order valence-electron chi connectivity index (χ1n) is 5.91. The molecule has 1 aliphatic rings. The lowest BCUT2D eigenvalue weighted by molar-refractivity contribution is -0.140. The number of nitrogens with one attached hydrogen (secondary N) is 2. The largest absolute Gasteiger partial charge is 0.481 e. The SMILES string of the molecule is Cc1csc(CNC(=O)NC2C=CC(C(=O)O)C2)n1. The van der Waals surface area contributed by atoms with Gasteiger partial charge in [-0.3, -0.25) is 4.79 Å². The number of thiazole rings is 1. The number of urea groups is 1. The Morgan fingerprint density at radius 1 is 1.53 bits per heavy atom. The lowest BCUT2D eigenvalue weighted by Crippen LogP contribution is -2.40. The Balaban J connectivity index is 1.74. The topological polar surface area (TPSA) is 91.3 Å². The van der Waals surface area contributed by atoms with Crippen LogP contribution in [0.2, 0.25) is 0 Å². The summed E-state index contributed by atoms with van der Waals surface area (Å²) in [5, 5.41) is 17.0. The van der Waals surface area contributed by atoms with E-state index in [0.717, 1.165) is 10.7 Å². The zero-order chi connectivity index (χ0) is 13.8. The van der Waals surface area contributed by atoms with Crippen molar-refractivity contribution in [1.29, 1.82) is 0 Å². The van der Waals surface area contributed by atoms with E-state index in [2.05, 4.69) is 15.6 Å². The van der Waals surface area contributed by atoms with Gasteiger partial charge in [0.25, 0.3) is 0 Å². The van der Waals surface area contributed by atoms with Crippen molar-refractivity contribution in [1.82, 2.24) is 15.6 Å². The maximum absolute atomic E-state index is 11.6. The zero-order valence-electron chi connectivity index (χ0n) is 10.4. The molecule has 0 bridgehead atoms. The normalized spacial score (nSPS) is 21.3. The lowest BCUT2D eigenvalue weighted by atomic mass is 10.1. The van der Waals surface area contributed by atoms with E-state index in [1.807, 2.05) is 12.3 Å². The summed E-state index contributed by atoms with van der Waals surface area (Å²) in [6, 6.07) is -0.535. The summed E-state index contributed by atoms with van der Waals surface area (Å²) in [5.41, 5.74) is 0.935.